The third-order valence-corrected chi connectivity index (χ3v) is 1.80. The molecule has 2 rings (SSSR count). The highest BCUT2D eigenvalue weighted by atomic mass is 32.3. The molecule has 108 valence electrons. The van der Waals surface area contributed by atoms with Gasteiger partial charge in [-0.25, -0.2) is 18.3 Å². The smallest absolute Gasteiger partial charge is 0.243 e. The molecule has 2 aromatic heterocycles. The van der Waals surface area contributed by atoms with Crippen molar-refractivity contribution in [3.05, 3.63) is 37.4 Å². The molecule has 9 heteroatoms. The molecule has 2 heterocycles. The predicted molar refractivity (Wildman–Crippen MR) is 63.7 cm³/mol. The van der Waals surface area contributed by atoms with Gasteiger partial charge in [0, 0.05) is 10.4 Å². The largest absolute Gasteiger partial charge is 0.759 e. The average Bonchev–Trinajstić information content (AvgIpc) is 2.74. The Bertz CT molecular complexity index is 509. The normalized spacial score (nSPS) is 10.0. The van der Waals surface area contributed by atoms with E-state index in [-0.39, 0.29) is 0 Å². The molecule has 19 heavy (non-hydrogen) atoms. The summed E-state index contributed by atoms with van der Waals surface area (Å²) in [5.41, 5.74) is 0. The van der Waals surface area contributed by atoms with Crippen LogP contribution in [0.5, 0.6) is 0 Å². The van der Waals surface area contributed by atoms with Crippen LogP contribution in [-0.2, 0) is 38.6 Å². The van der Waals surface area contributed by atoms with E-state index in [1.54, 1.807) is 0 Å². The van der Waals surface area contributed by atoms with Gasteiger partial charge in [0.2, 0.25) is 12.7 Å². The van der Waals surface area contributed by atoms with Crippen molar-refractivity contribution in [1.82, 2.24) is 9.13 Å². The van der Waals surface area contributed by atoms with Crippen LogP contribution in [0.3, 0.4) is 0 Å². The van der Waals surface area contributed by atoms with Gasteiger partial charge in [-0.3, -0.25) is 8.42 Å². The first-order chi connectivity index (χ1) is 8.58. The van der Waals surface area contributed by atoms with Crippen molar-refractivity contribution in [3.63, 3.8) is 0 Å². The first-order valence-electron chi connectivity index (χ1n) is 5.19. The number of imidazole rings is 2. The van der Waals surface area contributed by atoms with Crippen molar-refractivity contribution >= 4 is 10.4 Å². The van der Waals surface area contributed by atoms with Gasteiger partial charge in [-0.2, -0.15) is 0 Å². The zero-order valence-electron chi connectivity index (χ0n) is 11.3. The molecule has 0 aliphatic carbocycles. The zero-order chi connectivity index (χ0) is 15.1. The van der Waals surface area contributed by atoms with Crippen LogP contribution in [-0.4, -0.2) is 26.7 Å². The lowest BCUT2D eigenvalue weighted by atomic mass is 10.9. The molecule has 8 nitrogen and oxygen atoms in total. The molecule has 0 aliphatic heterocycles. The minimum Gasteiger partial charge on any atom is -0.759 e. The molecule has 0 amide bonds. The lowest BCUT2D eigenvalue weighted by molar-refractivity contribution is -0.671. The standard InChI is InChI=1S/2C5H9N2.H2O4S/c2*1-6-3-4-7(2)5-6;1-5(2,3)4/h2*3-5H,1-2H3;(H2,1,2,3,4)/q2*+1;/p-2. The first kappa shape index (κ1) is 17.3. The maximum Gasteiger partial charge on any atom is 0.243 e. The number of aromatic nitrogens is 4. The lowest BCUT2D eigenvalue weighted by Gasteiger charge is -2.06. The third-order valence-electron chi connectivity index (χ3n) is 1.80. The van der Waals surface area contributed by atoms with Gasteiger partial charge in [0.25, 0.3) is 0 Å². The number of hydrogen-bond donors (Lipinski definition) is 0. The van der Waals surface area contributed by atoms with Crippen LogP contribution in [0, 0.1) is 0 Å². The Morgan fingerprint density at radius 2 is 1.16 bits per heavy atom. The Labute approximate surface area is 112 Å². The fourth-order valence-corrected chi connectivity index (χ4v) is 1.15. The molecule has 0 unspecified atom stereocenters. The molecule has 0 fully saturated rings. The van der Waals surface area contributed by atoms with Crippen LogP contribution in [0.2, 0.25) is 0 Å². The highest BCUT2D eigenvalue weighted by molar-refractivity contribution is 7.79. The molecule has 0 atom stereocenters. The quantitative estimate of drug-likeness (QED) is 0.330. The molecule has 0 aromatic carbocycles. The Hall–Kier alpha value is -1.71. The van der Waals surface area contributed by atoms with Gasteiger partial charge in [-0.15, -0.1) is 0 Å². The van der Waals surface area contributed by atoms with E-state index >= 15 is 0 Å². The van der Waals surface area contributed by atoms with Gasteiger partial charge in [-0.05, 0) is 0 Å². The number of rotatable bonds is 0. The van der Waals surface area contributed by atoms with Crippen molar-refractivity contribution in [2.24, 2.45) is 28.2 Å². The van der Waals surface area contributed by atoms with Crippen LogP contribution in [0.1, 0.15) is 0 Å². The molecule has 0 radical (unpaired) electrons. The Morgan fingerprint density at radius 3 is 1.21 bits per heavy atom. The van der Waals surface area contributed by atoms with E-state index in [1.165, 1.54) is 0 Å². The van der Waals surface area contributed by atoms with Gasteiger partial charge in [-0.1, -0.05) is 0 Å². The van der Waals surface area contributed by atoms with Crippen LogP contribution < -0.4 is 9.13 Å². The van der Waals surface area contributed by atoms with Crippen LogP contribution >= 0.6 is 0 Å². The fraction of sp³-hybridized carbons (Fsp3) is 0.400. The molecule has 0 bridgehead atoms. The van der Waals surface area contributed by atoms with Crippen molar-refractivity contribution in [2.75, 3.05) is 0 Å². The number of nitrogens with zero attached hydrogens (tertiary/aromatic N) is 4. The van der Waals surface area contributed by atoms with E-state index in [0.717, 1.165) is 0 Å². The van der Waals surface area contributed by atoms with E-state index in [1.807, 2.05) is 83.9 Å². The summed E-state index contributed by atoms with van der Waals surface area (Å²) in [7, 11) is 2.83. The number of aryl methyl sites for hydroxylation is 4. The van der Waals surface area contributed by atoms with Crippen molar-refractivity contribution < 1.29 is 26.7 Å². The van der Waals surface area contributed by atoms with Crippen LogP contribution in [0.15, 0.2) is 37.4 Å². The predicted octanol–water partition coefficient (Wildman–Crippen LogP) is -1.64. The summed E-state index contributed by atoms with van der Waals surface area (Å²) in [6, 6.07) is 0. The summed E-state index contributed by atoms with van der Waals surface area (Å²) >= 11 is 0. The van der Waals surface area contributed by atoms with E-state index < -0.39 is 10.4 Å². The molecule has 0 spiro atoms. The second-order valence-corrected chi connectivity index (χ2v) is 4.71. The zero-order valence-corrected chi connectivity index (χ0v) is 12.1. The van der Waals surface area contributed by atoms with E-state index in [9.17, 15) is 0 Å². The summed E-state index contributed by atoms with van der Waals surface area (Å²) in [6.45, 7) is 0. The highest BCUT2D eigenvalue weighted by Gasteiger charge is 1.88. The second kappa shape index (κ2) is 7.67. The minimum atomic E-state index is -5.17. The Morgan fingerprint density at radius 1 is 0.895 bits per heavy atom. The van der Waals surface area contributed by atoms with Crippen molar-refractivity contribution in [2.45, 2.75) is 0 Å². The van der Waals surface area contributed by atoms with Crippen molar-refractivity contribution in [3.8, 4) is 0 Å². The van der Waals surface area contributed by atoms with E-state index in [0.29, 0.717) is 0 Å². The Kier molecular flexibility index (Phi) is 6.98. The molecule has 0 saturated carbocycles. The van der Waals surface area contributed by atoms with Crippen LogP contribution in [0.4, 0.5) is 0 Å². The monoisotopic (exact) mass is 290 g/mol. The van der Waals surface area contributed by atoms with Crippen LogP contribution in [0.25, 0.3) is 0 Å². The first-order valence-corrected chi connectivity index (χ1v) is 6.52. The highest BCUT2D eigenvalue weighted by Crippen LogP contribution is 1.71. The van der Waals surface area contributed by atoms with Crippen molar-refractivity contribution in [1.29, 1.82) is 0 Å². The van der Waals surface area contributed by atoms with Gasteiger partial charge < -0.3 is 9.11 Å². The maximum absolute atomic E-state index is 8.52. The Balaban J connectivity index is 0.000000261. The lowest BCUT2D eigenvalue weighted by Crippen LogP contribution is -2.23. The van der Waals surface area contributed by atoms with Gasteiger partial charge >= 0.3 is 0 Å². The van der Waals surface area contributed by atoms with Gasteiger partial charge in [0.15, 0.2) is 0 Å². The van der Waals surface area contributed by atoms with E-state index in [2.05, 4.69) is 0 Å². The summed E-state index contributed by atoms with van der Waals surface area (Å²) in [5.74, 6) is 0. The fourth-order valence-electron chi connectivity index (χ4n) is 1.15. The summed E-state index contributed by atoms with van der Waals surface area (Å²) < 4.78 is 42.1. The van der Waals surface area contributed by atoms with Gasteiger partial charge in [0.1, 0.15) is 24.8 Å². The topological polar surface area (TPSA) is 97.9 Å². The minimum absolute atomic E-state index is 2.00. The molecule has 2 aromatic rings. The SMILES string of the molecule is Cn1cc[n+](C)c1.Cn1cc[n+](C)c1.O=S(=O)([O-])[O-]. The maximum atomic E-state index is 8.52. The van der Waals surface area contributed by atoms with Gasteiger partial charge in [0.05, 0.1) is 28.2 Å². The average molecular weight is 290 g/mol. The van der Waals surface area contributed by atoms with E-state index in [4.69, 9.17) is 17.5 Å². The molecule has 0 aliphatic rings. The summed E-state index contributed by atoms with van der Waals surface area (Å²) in [4.78, 5) is 0. The third kappa shape index (κ3) is 12.5. The molecule has 0 saturated heterocycles. The molecule has 0 N–H and O–H groups in total. The second-order valence-electron chi connectivity index (χ2n) is 3.90. The number of hydrogen-bond acceptors (Lipinski definition) is 4. The summed E-state index contributed by atoms with van der Waals surface area (Å²) in [6.07, 6.45) is 12.0. The molecular formula is C10H18N4O4S. The molecular weight excluding hydrogens is 272 g/mol. The summed E-state index contributed by atoms with van der Waals surface area (Å²) in [5, 5.41) is 0.